The van der Waals surface area contributed by atoms with Crippen LogP contribution in [0.2, 0.25) is 0 Å². The van der Waals surface area contributed by atoms with Gasteiger partial charge in [-0.2, -0.15) is 0 Å². The maximum Gasteiger partial charge on any atom is 0.339 e. The predicted octanol–water partition coefficient (Wildman–Crippen LogP) is 4.06. The number of benzene rings is 2. The fourth-order valence-corrected chi connectivity index (χ4v) is 3.10. The van der Waals surface area contributed by atoms with Gasteiger partial charge in [0.05, 0.1) is 20.5 Å². The molecule has 0 radical (unpaired) electrons. The van der Waals surface area contributed by atoms with Crippen molar-refractivity contribution in [3.8, 4) is 5.75 Å². The number of ether oxygens (including phenoxy) is 2. The molecule has 0 spiro atoms. The van der Waals surface area contributed by atoms with Crippen LogP contribution in [0, 0.1) is 0 Å². The van der Waals surface area contributed by atoms with E-state index in [2.05, 4.69) is 0 Å². The summed E-state index contributed by atoms with van der Waals surface area (Å²) in [7, 11) is 3.07. The van der Waals surface area contributed by atoms with Crippen molar-refractivity contribution in [2.75, 3.05) is 14.2 Å². The lowest BCUT2D eigenvalue weighted by Crippen LogP contribution is -2.01. The zero-order valence-corrected chi connectivity index (χ0v) is 13.8. The summed E-state index contributed by atoms with van der Waals surface area (Å²) in [6, 6.07) is 15.2. The maximum atomic E-state index is 11.4. The van der Waals surface area contributed by atoms with Crippen LogP contribution >= 0.6 is 11.8 Å². The van der Waals surface area contributed by atoms with E-state index >= 15 is 0 Å². The summed E-state index contributed by atoms with van der Waals surface area (Å²) in [5.74, 6) is 0.511. The summed E-state index contributed by atoms with van der Waals surface area (Å²) in [5, 5.41) is 9.36. The molecule has 0 amide bonds. The van der Waals surface area contributed by atoms with Crippen LogP contribution in [-0.2, 0) is 15.3 Å². The van der Waals surface area contributed by atoms with E-state index in [0.29, 0.717) is 11.3 Å². The molecule has 4 nitrogen and oxygen atoms in total. The average Bonchev–Trinajstić information content (AvgIpc) is 2.58. The molecule has 0 atom stereocenters. The Labute approximate surface area is 139 Å². The summed E-state index contributed by atoms with van der Waals surface area (Å²) in [6.07, 6.45) is 1.26. The molecule has 0 fully saturated rings. The largest absolute Gasteiger partial charge is 0.503 e. The quantitative estimate of drug-likeness (QED) is 0.471. The first kappa shape index (κ1) is 17.0. The van der Waals surface area contributed by atoms with Gasteiger partial charge in [-0.1, -0.05) is 30.3 Å². The van der Waals surface area contributed by atoms with E-state index in [4.69, 9.17) is 9.47 Å². The van der Waals surface area contributed by atoms with Gasteiger partial charge in [0.2, 0.25) is 0 Å². The Hall–Kier alpha value is -2.40. The van der Waals surface area contributed by atoms with Crippen LogP contribution in [0.1, 0.15) is 11.1 Å². The number of methoxy groups -OCH3 is 2. The van der Waals surface area contributed by atoms with Crippen LogP contribution in [0.25, 0.3) is 5.57 Å². The molecule has 0 bridgehead atoms. The maximum absolute atomic E-state index is 11.4. The molecular formula is C18H18O4S. The molecule has 0 aliphatic carbocycles. The van der Waals surface area contributed by atoms with Gasteiger partial charge in [-0.25, -0.2) is 4.79 Å². The predicted molar refractivity (Wildman–Crippen MR) is 91.6 cm³/mol. The van der Waals surface area contributed by atoms with Gasteiger partial charge < -0.3 is 14.6 Å². The minimum absolute atomic E-state index is 0.140. The van der Waals surface area contributed by atoms with Crippen molar-refractivity contribution >= 4 is 23.3 Å². The third kappa shape index (κ3) is 4.53. The first-order valence-corrected chi connectivity index (χ1v) is 7.95. The van der Waals surface area contributed by atoms with Crippen molar-refractivity contribution < 1.29 is 19.4 Å². The van der Waals surface area contributed by atoms with E-state index in [0.717, 1.165) is 16.2 Å². The highest BCUT2D eigenvalue weighted by Gasteiger charge is 2.15. The van der Waals surface area contributed by atoms with Crippen molar-refractivity contribution in [3.05, 3.63) is 65.9 Å². The van der Waals surface area contributed by atoms with Gasteiger partial charge in [-0.15, -0.1) is 11.8 Å². The Balaban J connectivity index is 2.23. The van der Waals surface area contributed by atoms with Crippen LogP contribution in [0.15, 0.2) is 59.7 Å². The summed E-state index contributed by atoms with van der Waals surface area (Å²) in [5.41, 5.74) is 1.90. The monoisotopic (exact) mass is 330 g/mol. The van der Waals surface area contributed by atoms with Gasteiger partial charge in [0.1, 0.15) is 11.3 Å². The molecule has 0 unspecified atom stereocenters. The molecule has 2 aromatic rings. The topological polar surface area (TPSA) is 55.8 Å². The first-order chi connectivity index (χ1) is 11.2. The van der Waals surface area contributed by atoms with Crippen LogP contribution in [-0.4, -0.2) is 25.3 Å². The Bertz CT molecular complexity index is 710. The molecule has 1 N–H and O–H groups in total. The standard InChI is InChI=1S/C18H18O4S/c1-21-11-16(18(19)20)15-8-3-4-9-17(15)23-12-13-6-5-7-14(10-13)22-2/h3-11H,12H2,1-2H3,(H,19,20). The van der Waals surface area contributed by atoms with Crippen LogP contribution in [0.4, 0.5) is 0 Å². The van der Waals surface area contributed by atoms with Crippen LogP contribution < -0.4 is 4.74 Å². The molecule has 120 valence electrons. The number of hydrogen-bond donors (Lipinski definition) is 1. The van der Waals surface area contributed by atoms with E-state index in [1.165, 1.54) is 13.4 Å². The van der Waals surface area contributed by atoms with Crippen molar-refractivity contribution in [1.29, 1.82) is 0 Å². The third-order valence-electron chi connectivity index (χ3n) is 3.17. The average molecular weight is 330 g/mol. The number of carboxylic acids is 1. The molecule has 0 aromatic heterocycles. The summed E-state index contributed by atoms with van der Waals surface area (Å²) in [4.78, 5) is 12.3. The van der Waals surface area contributed by atoms with Crippen molar-refractivity contribution in [1.82, 2.24) is 0 Å². The molecule has 23 heavy (non-hydrogen) atoms. The van der Waals surface area contributed by atoms with Gasteiger partial charge in [-0.05, 0) is 23.8 Å². The summed E-state index contributed by atoms with van der Waals surface area (Å²) in [6.45, 7) is 0. The lowest BCUT2D eigenvalue weighted by Gasteiger charge is -2.10. The second-order valence-corrected chi connectivity index (χ2v) is 5.73. The van der Waals surface area contributed by atoms with Crippen molar-refractivity contribution in [2.24, 2.45) is 0 Å². The molecule has 0 saturated carbocycles. The number of hydrogen-bond acceptors (Lipinski definition) is 4. The van der Waals surface area contributed by atoms with E-state index in [1.54, 1.807) is 24.9 Å². The van der Waals surface area contributed by atoms with Crippen LogP contribution in [0.5, 0.6) is 5.75 Å². The van der Waals surface area contributed by atoms with E-state index < -0.39 is 5.97 Å². The van der Waals surface area contributed by atoms with E-state index in [9.17, 15) is 9.90 Å². The minimum Gasteiger partial charge on any atom is -0.503 e. The minimum atomic E-state index is -1.01. The van der Waals surface area contributed by atoms with Gasteiger partial charge in [0, 0.05) is 16.2 Å². The normalized spacial score (nSPS) is 11.1. The molecule has 5 heteroatoms. The molecule has 0 heterocycles. The Kier molecular flexibility index (Phi) is 6.11. The lowest BCUT2D eigenvalue weighted by atomic mass is 10.1. The number of thioether (sulfide) groups is 1. The van der Waals surface area contributed by atoms with Gasteiger partial charge in [0.15, 0.2) is 0 Å². The van der Waals surface area contributed by atoms with E-state index in [-0.39, 0.29) is 5.57 Å². The Morgan fingerprint density at radius 1 is 1.17 bits per heavy atom. The zero-order valence-electron chi connectivity index (χ0n) is 13.0. The third-order valence-corrected chi connectivity index (χ3v) is 4.32. The summed E-state index contributed by atoms with van der Waals surface area (Å²) >= 11 is 1.58. The molecule has 0 aliphatic rings. The highest BCUT2D eigenvalue weighted by Crippen LogP contribution is 2.31. The summed E-state index contributed by atoms with van der Waals surface area (Å²) < 4.78 is 10.1. The molecule has 2 rings (SSSR count). The zero-order chi connectivity index (χ0) is 16.7. The molecular weight excluding hydrogens is 312 g/mol. The Morgan fingerprint density at radius 3 is 2.65 bits per heavy atom. The first-order valence-electron chi connectivity index (χ1n) is 6.97. The smallest absolute Gasteiger partial charge is 0.339 e. The van der Waals surface area contributed by atoms with Gasteiger partial charge in [-0.3, -0.25) is 0 Å². The SMILES string of the molecule is COC=C(C(=O)O)c1ccccc1SCc1cccc(OC)c1. The second-order valence-electron chi connectivity index (χ2n) is 4.71. The number of rotatable bonds is 7. The highest BCUT2D eigenvalue weighted by atomic mass is 32.2. The van der Waals surface area contributed by atoms with E-state index in [1.807, 2.05) is 42.5 Å². The molecule has 0 aliphatic heterocycles. The number of carboxylic acid groups (broad SMARTS) is 1. The van der Waals surface area contributed by atoms with Gasteiger partial charge >= 0.3 is 5.97 Å². The number of carbonyl (C=O) groups is 1. The van der Waals surface area contributed by atoms with Gasteiger partial charge in [0.25, 0.3) is 0 Å². The lowest BCUT2D eigenvalue weighted by molar-refractivity contribution is -0.130. The number of aliphatic carboxylic acids is 1. The highest BCUT2D eigenvalue weighted by molar-refractivity contribution is 7.98. The molecule has 0 saturated heterocycles. The molecule has 2 aromatic carbocycles. The fourth-order valence-electron chi connectivity index (χ4n) is 2.09. The Morgan fingerprint density at radius 2 is 1.96 bits per heavy atom. The van der Waals surface area contributed by atoms with Crippen molar-refractivity contribution in [3.63, 3.8) is 0 Å². The fraction of sp³-hybridized carbons (Fsp3) is 0.167. The second kappa shape index (κ2) is 8.29. The van der Waals surface area contributed by atoms with Crippen LogP contribution in [0.3, 0.4) is 0 Å². The van der Waals surface area contributed by atoms with Crippen molar-refractivity contribution in [2.45, 2.75) is 10.6 Å².